The molecule has 0 aliphatic rings. The lowest BCUT2D eigenvalue weighted by Gasteiger charge is -2.11. The first kappa shape index (κ1) is 15.9. The van der Waals surface area contributed by atoms with Gasteiger partial charge in [-0.3, -0.25) is 4.79 Å². The van der Waals surface area contributed by atoms with Gasteiger partial charge in [-0.1, -0.05) is 23.7 Å². The number of hydrogen-bond donors (Lipinski definition) is 2. The van der Waals surface area contributed by atoms with E-state index in [0.717, 1.165) is 15.6 Å². The van der Waals surface area contributed by atoms with Crippen molar-refractivity contribution < 1.29 is 9.90 Å². The zero-order valence-electron chi connectivity index (χ0n) is 11.9. The number of amides is 1. The van der Waals surface area contributed by atoms with Crippen LogP contribution in [-0.4, -0.2) is 16.0 Å². The number of carbonyl (C=O) groups excluding carboxylic acids is 1. The smallest absolute Gasteiger partial charge is 0.223 e. The molecule has 0 aliphatic heterocycles. The number of rotatable bonds is 5. The molecular formula is C15H17ClN2O2S. The molecule has 0 fully saturated rings. The van der Waals surface area contributed by atoms with E-state index < -0.39 is 6.10 Å². The predicted molar refractivity (Wildman–Crippen MR) is 84.5 cm³/mol. The Bertz CT molecular complexity index is 625. The van der Waals surface area contributed by atoms with E-state index in [-0.39, 0.29) is 12.3 Å². The monoisotopic (exact) mass is 324 g/mol. The number of nitrogens with zero attached hydrogens (tertiary/aromatic N) is 1. The van der Waals surface area contributed by atoms with Crippen molar-refractivity contribution in [3.8, 4) is 0 Å². The molecule has 112 valence electrons. The van der Waals surface area contributed by atoms with E-state index in [9.17, 15) is 9.90 Å². The summed E-state index contributed by atoms with van der Waals surface area (Å²) < 4.78 is 0. The van der Waals surface area contributed by atoms with E-state index in [2.05, 4.69) is 10.3 Å². The number of benzene rings is 1. The quantitative estimate of drug-likeness (QED) is 0.888. The summed E-state index contributed by atoms with van der Waals surface area (Å²) in [5.41, 5.74) is 1.56. The van der Waals surface area contributed by atoms with Gasteiger partial charge in [-0.25, -0.2) is 4.98 Å². The average molecular weight is 325 g/mol. The summed E-state index contributed by atoms with van der Waals surface area (Å²) >= 11 is 7.40. The third-order valence-corrected chi connectivity index (χ3v) is 4.27. The summed E-state index contributed by atoms with van der Waals surface area (Å²) in [4.78, 5) is 17.3. The van der Waals surface area contributed by atoms with Gasteiger partial charge >= 0.3 is 0 Å². The zero-order valence-corrected chi connectivity index (χ0v) is 13.5. The largest absolute Gasteiger partial charge is 0.388 e. The maximum absolute atomic E-state index is 11.9. The molecule has 1 amide bonds. The van der Waals surface area contributed by atoms with E-state index in [0.29, 0.717) is 17.1 Å². The Hall–Kier alpha value is -1.43. The van der Waals surface area contributed by atoms with E-state index in [1.54, 1.807) is 35.6 Å². The standard InChI is InChI=1S/C15H17ClN2O2S/c1-9-13(18-10(2)21-9)8-17-15(20)7-14(19)11-3-5-12(16)6-4-11/h3-6,14,19H,7-8H2,1-2H3,(H,17,20). The molecule has 2 aromatic rings. The van der Waals surface area contributed by atoms with Crippen LogP contribution in [0.2, 0.25) is 5.02 Å². The minimum Gasteiger partial charge on any atom is -0.388 e. The van der Waals surface area contributed by atoms with Crippen LogP contribution in [0.25, 0.3) is 0 Å². The first-order valence-corrected chi connectivity index (χ1v) is 7.78. The summed E-state index contributed by atoms with van der Waals surface area (Å²) in [6.45, 7) is 4.31. The summed E-state index contributed by atoms with van der Waals surface area (Å²) in [7, 11) is 0. The molecule has 0 saturated heterocycles. The molecule has 1 heterocycles. The lowest BCUT2D eigenvalue weighted by molar-refractivity contribution is -0.123. The fraction of sp³-hybridized carbons (Fsp3) is 0.333. The molecule has 0 aliphatic carbocycles. The number of thiazole rings is 1. The number of carbonyl (C=O) groups is 1. The number of nitrogens with one attached hydrogen (secondary N) is 1. The van der Waals surface area contributed by atoms with Crippen LogP contribution in [0.5, 0.6) is 0 Å². The SMILES string of the molecule is Cc1nc(CNC(=O)CC(O)c2ccc(Cl)cc2)c(C)s1. The molecule has 21 heavy (non-hydrogen) atoms. The summed E-state index contributed by atoms with van der Waals surface area (Å²) in [5, 5.41) is 14.4. The molecule has 0 spiro atoms. The van der Waals surface area contributed by atoms with Crippen molar-refractivity contribution in [2.75, 3.05) is 0 Å². The number of aryl methyl sites for hydroxylation is 2. The highest BCUT2D eigenvalue weighted by molar-refractivity contribution is 7.11. The Morgan fingerprint density at radius 3 is 2.62 bits per heavy atom. The van der Waals surface area contributed by atoms with Gasteiger partial charge in [0, 0.05) is 9.90 Å². The number of aromatic nitrogens is 1. The van der Waals surface area contributed by atoms with Crippen molar-refractivity contribution in [3.63, 3.8) is 0 Å². The molecule has 2 N–H and O–H groups in total. The van der Waals surface area contributed by atoms with E-state index in [4.69, 9.17) is 11.6 Å². The van der Waals surface area contributed by atoms with Gasteiger partial charge in [0.1, 0.15) is 0 Å². The highest BCUT2D eigenvalue weighted by Gasteiger charge is 2.14. The van der Waals surface area contributed by atoms with Crippen molar-refractivity contribution in [1.29, 1.82) is 0 Å². The number of aliphatic hydroxyl groups is 1. The Morgan fingerprint density at radius 2 is 2.05 bits per heavy atom. The number of halogens is 1. The maximum atomic E-state index is 11.9. The van der Waals surface area contributed by atoms with Crippen LogP contribution in [0.15, 0.2) is 24.3 Å². The van der Waals surface area contributed by atoms with Gasteiger partial charge in [0.05, 0.1) is 29.8 Å². The van der Waals surface area contributed by atoms with Gasteiger partial charge in [0.15, 0.2) is 0 Å². The first-order valence-electron chi connectivity index (χ1n) is 6.59. The van der Waals surface area contributed by atoms with Gasteiger partial charge in [0.25, 0.3) is 0 Å². The molecule has 0 saturated carbocycles. The summed E-state index contributed by atoms with van der Waals surface area (Å²) in [6, 6.07) is 6.82. The average Bonchev–Trinajstić information content (AvgIpc) is 2.75. The summed E-state index contributed by atoms with van der Waals surface area (Å²) in [6.07, 6.45) is -0.815. The lowest BCUT2D eigenvalue weighted by Crippen LogP contribution is -2.25. The van der Waals surface area contributed by atoms with Crippen molar-refractivity contribution in [2.45, 2.75) is 32.9 Å². The molecular weight excluding hydrogens is 308 g/mol. The molecule has 0 radical (unpaired) electrons. The Labute approximate surface area is 132 Å². The van der Waals surface area contributed by atoms with Gasteiger partial charge in [-0.15, -0.1) is 11.3 Å². The normalized spacial score (nSPS) is 12.2. The Morgan fingerprint density at radius 1 is 1.38 bits per heavy atom. The molecule has 1 atom stereocenters. The highest BCUT2D eigenvalue weighted by atomic mass is 35.5. The van der Waals surface area contributed by atoms with Crippen LogP contribution in [0, 0.1) is 13.8 Å². The van der Waals surface area contributed by atoms with Gasteiger partial charge < -0.3 is 10.4 Å². The fourth-order valence-corrected chi connectivity index (χ4v) is 2.93. The van der Waals surface area contributed by atoms with Gasteiger partial charge in [-0.2, -0.15) is 0 Å². The number of aliphatic hydroxyl groups excluding tert-OH is 1. The zero-order chi connectivity index (χ0) is 15.4. The maximum Gasteiger partial charge on any atom is 0.223 e. The van der Waals surface area contributed by atoms with Crippen molar-refractivity contribution >= 4 is 28.8 Å². The van der Waals surface area contributed by atoms with Crippen LogP contribution >= 0.6 is 22.9 Å². The minimum absolute atomic E-state index is 0.0177. The van der Waals surface area contributed by atoms with Crippen molar-refractivity contribution in [3.05, 3.63) is 50.4 Å². The second kappa shape index (κ2) is 7.02. The predicted octanol–water partition coefficient (Wildman–Crippen LogP) is 3.15. The second-order valence-electron chi connectivity index (χ2n) is 4.78. The van der Waals surface area contributed by atoms with Crippen LogP contribution in [0.3, 0.4) is 0 Å². The van der Waals surface area contributed by atoms with E-state index in [1.807, 2.05) is 13.8 Å². The molecule has 1 aromatic heterocycles. The van der Waals surface area contributed by atoms with Crippen LogP contribution < -0.4 is 5.32 Å². The molecule has 1 aromatic carbocycles. The molecule has 0 bridgehead atoms. The van der Waals surface area contributed by atoms with Gasteiger partial charge in [0.2, 0.25) is 5.91 Å². The van der Waals surface area contributed by atoms with Crippen LogP contribution in [0.1, 0.15) is 33.7 Å². The van der Waals surface area contributed by atoms with Crippen molar-refractivity contribution in [1.82, 2.24) is 10.3 Å². The number of hydrogen-bond acceptors (Lipinski definition) is 4. The molecule has 2 rings (SSSR count). The van der Waals surface area contributed by atoms with E-state index >= 15 is 0 Å². The third kappa shape index (κ3) is 4.52. The molecule has 4 nitrogen and oxygen atoms in total. The van der Waals surface area contributed by atoms with Crippen LogP contribution in [-0.2, 0) is 11.3 Å². The summed E-state index contributed by atoms with van der Waals surface area (Å²) in [5.74, 6) is -0.206. The highest BCUT2D eigenvalue weighted by Crippen LogP contribution is 2.19. The van der Waals surface area contributed by atoms with Crippen LogP contribution in [0.4, 0.5) is 0 Å². The van der Waals surface area contributed by atoms with Crippen molar-refractivity contribution in [2.24, 2.45) is 0 Å². The minimum atomic E-state index is -0.833. The van der Waals surface area contributed by atoms with E-state index in [1.165, 1.54) is 0 Å². The Kier molecular flexibility index (Phi) is 5.33. The first-order chi connectivity index (χ1) is 9.95. The Balaban J connectivity index is 1.86. The third-order valence-electron chi connectivity index (χ3n) is 3.09. The molecule has 1 unspecified atom stereocenters. The molecule has 6 heteroatoms. The van der Waals surface area contributed by atoms with Gasteiger partial charge in [-0.05, 0) is 31.5 Å². The topological polar surface area (TPSA) is 62.2 Å². The second-order valence-corrected chi connectivity index (χ2v) is 6.63. The lowest BCUT2D eigenvalue weighted by atomic mass is 10.1. The fourth-order valence-electron chi connectivity index (χ4n) is 1.97.